The number of hydrogen-bond acceptors (Lipinski definition) is 5. The van der Waals surface area contributed by atoms with E-state index < -0.39 is 10.0 Å². The first kappa shape index (κ1) is 16.4. The zero-order chi connectivity index (χ0) is 14.3. The Hall–Kier alpha value is -0.670. The molecule has 0 unspecified atom stereocenters. The molecule has 8 heteroatoms. The maximum atomic E-state index is 12.0. The predicted octanol–water partition coefficient (Wildman–Crippen LogP) is 0.973. The van der Waals surface area contributed by atoms with E-state index >= 15 is 0 Å². The van der Waals surface area contributed by atoms with Crippen LogP contribution < -0.4 is 10.5 Å². The normalized spacial score (nSPS) is 11.7. The monoisotopic (exact) mass is 352 g/mol. The molecule has 0 amide bonds. The zero-order valence-corrected chi connectivity index (χ0v) is 13.0. The van der Waals surface area contributed by atoms with Gasteiger partial charge in [-0.3, -0.25) is 0 Å². The lowest BCUT2D eigenvalue weighted by atomic mass is 10.3. The van der Waals surface area contributed by atoms with Gasteiger partial charge >= 0.3 is 0 Å². The predicted molar refractivity (Wildman–Crippen MR) is 76.4 cm³/mol. The van der Waals surface area contributed by atoms with E-state index in [2.05, 4.69) is 20.7 Å². The zero-order valence-electron chi connectivity index (χ0n) is 10.6. The van der Waals surface area contributed by atoms with Gasteiger partial charge in [0.15, 0.2) is 0 Å². The van der Waals surface area contributed by atoms with Crippen LogP contribution in [0.4, 0.5) is 5.69 Å². The number of benzene rings is 1. The van der Waals surface area contributed by atoms with Crippen LogP contribution >= 0.6 is 15.9 Å². The molecule has 0 radical (unpaired) electrons. The number of anilines is 1. The lowest BCUT2D eigenvalue weighted by Gasteiger charge is -2.09. The Balaban J connectivity index is 2.52. The van der Waals surface area contributed by atoms with Crippen LogP contribution in [-0.4, -0.2) is 41.9 Å². The Labute approximate surface area is 121 Å². The van der Waals surface area contributed by atoms with Crippen LogP contribution in [-0.2, 0) is 19.5 Å². The van der Waals surface area contributed by atoms with Gasteiger partial charge in [0, 0.05) is 23.8 Å². The summed E-state index contributed by atoms with van der Waals surface area (Å²) in [5.41, 5.74) is 6.06. The molecule has 19 heavy (non-hydrogen) atoms. The summed E-state index contributed by atoms with van der Waals surface area (Å²) in [6.45, 7) is 1.40. The number of methoxy groups -OCH3 is 1. The first-order valence-electron chi connectivity index (χ1n) is 5.59. The van der Waals surface area contributed by atoms with Crippen LogP contribution in [0.5, 0.6) is 0 Å². The highest BCUT2D eigenvalue weighted by Crippen LogP contribution is 2.23. The fourth-order valence-corrected chi connectivity index (χ4v) is 3.41. The number of nitrogens with two attached hydrogens (primary N) is 1. The van der Waals surface area contributed by atoms with Crippen molar-refractivity contribution in [1.82, 2.24) is 4.72 Å². The van der Waals surface area contributed by atoms with Crippen LogP contribution in [0.1, 0.15) is 0 Å². The molecular weight excluding hydrogens is 336 g/mol. The smallest absolute Gasteiger partial charge is 0.241 e. The third-order valence-corrected chi connectivity index (χ3v) is 4.65. The lowest BCUT2D eigenvalue weighted by Crippen LogP contribution is -2.28. The largest absolute Gasteiger partial charge is 0.399 e. The maximum Gasteiger partial charge on any atom is 0.241 e. The summed E-state index contributed by atoms with van der Waals surface area (Å²) < 4.78 is 36.8. The van der Waals surface area contributed by atoms with Crippen molar-refractivity contribution in [2.45, 2.75) is 4.90 Å². The van der Waals surface area contributed by atoms with Crippen molar-refractivity contribution in [3.63, 3.8) is 0 Å². The highest BCUT2D eigenvalue weighted by Gasteiger charge is 2.16. The molecule has 0 saturated heterocycles. The van der Waals surface area contributed by atoms with E-state index in [1.807, 2.05) is 0 Å². The first-order valence-corrected chi connectivity index (χ1v) is 7.86. The van der Waals surface area contributed by atoms with E-state index in [4.69, 9.17) is 15.2 Å². The highest BCUT2D eigenvalue weighted by molar-refractivity contribution is 9.10. The fourth-order valence-electron chi connectivity index (χ4n) is 1.31. The standard InChI is InChI=1S/C11H17BrN2O4S/c1-17-6-7-18-5-4-14-19(15,16)11-3-2-9(13)8-10(11)12/h2-3,8,14H,4-7,13H2,1H3. The second kappa shape index (κ2) is 7.81. The molecule has 108 valence electrons. The Morgan fingerprint density at radius 2 is 2.05 bits per heavy atom. The van der Waals surface area contributed by atoms with Gasteiger partial charge in [-0.1, -0.05) is 0 Å². The number of nitrogen functional groups attached to an aromatic ring is 1. The second-order valence-electron chi connectivity index (χ2n) is 3.69. The summed E-state index contributed by atoms with van der Waals surface area (Å²) in [7, 11) is -1.99. The summed E-state index contributed by atoms with van der Waals surface area (Å²) in [4.78, 5) is 0.151. The number of sulfonamides is 1. The third-order valence-electron chi connectivity index (χ3n) is 2.22. The molecule has 3 N–H and O–H groups in total. The molecule has 0 spiro atoms. The summed E-state index contributed by atoms with van der Waals surface area (Å²) in [5, 5.41) is 0. The van der Waals surface area contributed by atoms with Gasteiger partial charge in [0.2, 0.25) is 10.0 Å². The number of halogens is 1. The van der Waals surface area contributed by atoms with E-state index in [-0.39, 0.29) is 18.0 Å². The second-order valence-corrected chi connectivity index (χ2v) is 6.28. The van der Waals surface area contributed by atoms with Crippen molar-refractivity contribution in [2.75, 3.05) is 39.2 Å². The lowest BCUT2D eigenvalue weighted by molar-refractivity contribution is 0.0736. The molecule has 0 aromatic heterocycles. The third kappa shape index (κ3) is 5.45. The minimum absolute atomic E-state index is 0.151. The molecule has 1 aromatic carbocycles. The number of ether oxygens (including phenoxy) is 2. The van der Waals surface area contributed by atoms with Crippen LogP contribution in [0, 0.1) is 0 Å². The Morgan fingerprint density at radius 1 is 1.32 bits per heavy atom. The molecule has 0 aliphatic carbocycles. The Kier molecular flexibility index (Phi) is 6.73. The maximum absolute atomic E-state index is 12.0. The van der Waals surface area contributed by atoms with Crippen molar-refractivity contribution < 1.29 is 17.9 Å². The quantitative estimate of drug-likeness (QED) is 0.537. The molecular formula is C11H17BrN2O4S. The van der Waals surface area contributed by atoms with Crippen LogP contribution in [0.25, 0.3) is 0 Å². The molecule has 0 aliphatic heterocycles. The van der Waals surface area contributed by atoms with Gasteiger partial charge in [-0.25, -0.2) is 13.1 Å². The molecule has 0 heterocycles. The average molecular weight is 353 g/mol. The van der Waals surface area contributed by atoms with Crippen molar-refractivity contribution >= 4 is 31.6 Å². The summed E-state index contributed by atoms with van der Waals surface area (Å²) in [6.07, 6.45) is 0. The van der Waals surface area contributed by atoms with Crippen molar-refractivity contribution in [1.29, 1.82) is 0 Å². The number of hydrogen-bond donors (Lipinski definition) is 2. The van der Waals surface area contributed by atoms with Gasteiger partial charge in [-0.05, 0) is 34.1 Å². The minimum Gasteiger partial charge on any atom is -0.399 e. The van der Waals surface area contributed by atoms with Crippen LogP contribution in [0.2, 0.25) is 0 Å². The van der Waals surface area contributed by atoms with E-state index in [9.17, 15) is 8.42 Å². The van der Waals surface area contributed by atoms with Gasteiger partial charge in [-0.15, -0.1) is 0 Å². The molecule has 1 aromatic rings. The van der Waals surface area contributed by atoms with E-state index in [0.717, 1.165) is 0 Å². The summed E-state index contributed by atoms with van der Waals surface area (Å²) >= 11 is 3.18. The SMILES string of the molecule is COCCOCCNS(=O)(=O)c1ccc(N)cc1Br. The van der Waals surface area contributed by atoms with Crippen molar-refractivity contribution in [2.24, 2.45) is 0 Å². The Bertz CT molecular complexity index is 507. The molecule has 6 nitrogen and oxygen atoms in total. The Morgan fingerprint density at radius 3 is 2.68 bits per heavy atom. The van der Waals surface area contributed by atoms with E-state index in [1.54, 1.807) is 13.2 Å². The number of nitrogens with one attached hydrogen (secondary N) is 1. The minimum atomic E-state index is -3.56. The topological polar surface area (TPSA) is 90.6 Å². The summed E-state index contributed by atoms with van der Waals surface area (Å²) in [5.74, 6) is 0. The van der Waals surface area contributed by atoms with Gasteiger partial charge in [0.25, 0.3) is 0 Å². The molecule has 1 rings (SSSR count). The molecule has 0 aliphatic rings. The van der Waals surface area contributed by atoms with Gasteiger partial charge in [0.05, 0.1) is 24.7 Å². The van der Waals surface area contributed by atoms with Crippen LogP contribution in [0.3, 0.4) is 0 Å². The molecule has 0 saturated carbocycles. The highest BCUT2D eigenvalue weighted by atomic mass is 79.9. The molecule has 0 bridgehead atoms. The van der Waals surface area contributed by atoms with Crippen molar-refractivity contribution in [3.8, 4) is 0 Å². The van der Waals surface area contributed by atoms with Crippen LogP contribution in [0.15, 0.2) is 27.6 Å². The van der Waals surface area contributed by atoms with Gasteiger partial charge in [-0.2, -0.15) is 0 Å². The fraction of sp³-hybridized carbons (Fsp3) is 0.455. The van der Waals surface area contributed by atoms with E-state index in [1.165, 1.54) is 12.1 Å². The van der Waals surface area contributed by atoms with Crippen molar-refractivity contribution in [3.05, 3.63) is 22.7 Å². The molecule has 0 atom stereocenters. The average Bonchev–Trinajstić information content (AvgIpc) is 2.33. The van der Waals surface area contributed by atoms with E-state index in [0.29, 0.717) is 23.4 Å². The van der Waals surface area contributed by atoms with Gasteiger partial charge < -0.3 is 15.2 Å². The van der Waals surface area contributed by atoms with Gasteiger partial charge in [0.1, 0.15) is 0 Å². The summed E-state index contributed by atoms with van der Waals surface area (Å²) in [6, 6.07) is 4.53. The number of rotatable bonds is 8. The molecule has 0 fully saturated rings. The first-order chi connectivity index (χ1) is 8.97.